The Kier molecular flexibility index (Phi) is 4.35. The maximum atomic E-state index is 11.9. The molecular formula is C15H17N3O5. The molecule has 1 saturated heterocycles. The SMILES string of the molecule is CC(CNC(=O)c1ccc(C2(C)NC(=O)NC2=O)cc1)C(=O)O. The maximum Gasteiger partial charge on any atom is 0.322 e. The molecular weight excluding hydrogens is 302 g/mol. The lowest BCUT2D eigenvalue weighted by molar-refractivity contribution is -0.140. The van der Waals surface area contributed by atoms with Gasteiger partial charge in [0.1, 0.15) is 5.54 Å². The van der Waals surface area contributed by atoms with E-state index in [0.29, 0.717) is 11.1 Å². The molecule has 4 N–H and O–H groups in total. The molecule has 8 heteroatoms. The predicted molar refractivity (Wildman–Crippen MR) is 79.6 cm³/mol. The highest BCUT2D eigenvalue weighted by Crippen LogP contribution is 2.24. The Hall–Kier alpha value is -2.90. The summed E-state index contributed by atoms with van der Waals surface area (Å²) in [5.41, 5.74) is -0.305. The van der Waals surface area contributed by atoms with E-state index in [2.05, 4.69) is 16.0 Å². The molecule has 1 aromatic rings. The van der Waals surface area contributed by atoms with Crippen LogP contribution in [-0.2, 0) is 15.1 Å². The van der Waals surface area contributed by atoms with Crippen LogP contribution in [0.2, 0.25) is 0 Å². The van der Waals surface area contributed by atoms with Crippen molar-refractivity contribution in [2.45, 2.75) is 19.4 Å². The number of hydrogen-bond donors (Lipinski definition) is 4. The molecule has 0 radical (unpaired) electrons. The molecule has 1 aliphatic rings. The Bertz CT molecular complexity index is 670. The summed E-state index contributed by atoms with van der Waals surface area (Å²) in [6, 6.07) is 5.60. The Morgan fingerprint density at radius 1 is 1.26 bits per heavy atom. The number of carboxylic acid groups (broad SMARTS) is 1. The Morgan fingerprint density at radius 2 is 1.87 bits per heavy atom. The fourth-order valence-corrected chi connectivity index (χ4v) is 2.14. The molecule has 23 heavy (non-hydrogen) atoms. The number of carbonyl (C=O) groups is 4. The fourth-order valence-electron chi connectivity index (χ4n) is 2.14. The minimum atomic E-state index is -1.18. The first kappa shape index (κ1) is 16.5. The molecule has 2 rings (SSSR count). The first-order valence-electron chi connectivity index (χ1n) is 6.99. The van der Waals surface area contributed by atoms with Crippen LogP contribution in [0.1, 0.15) is 29.8 Å². The van der Waals surface area contributed by atoms with Gasteiger partial charge in [-0.1, -0.05) is 19.1 Å². The minimum Gasteiger partial charge on any atom is -0.481 e. The van der Waals surface area contributed by atoms with Crippen LogP contribution in [-0.4, -0.2) is 35.5 Å². The van der Waals surface area contributed by atoms with Gasteiger partial charge < -0.3 is 15.7 Å². The Labute approximate surface area is 132 Å². The van der Waals surface area contributed by atoms with Crippen molar-refractivity contribution in [3.8, 4) is 0 Å². The third-order valence-corrected chi connectivity index (χ3v) is 3.76. The number of benzene rings is 1. The van der Waals surface area contributed by atoms with Gasteiger partial charge in [0.2, 0.25) is 0 Å². The van der Waals surface area contributed by atoms with Crippen molar-refractivity contribution in [1.82, 2.24) is 16.0 Å². The second-order valence-electron chi connectivity index (χ2n) is 5.56. The number of carbonyl (C=O) groups excluding carboxylic acids is 3. The van der Waals surface area contributed by atoms with Crippen LogP contribution in [0.5, 0.6) is 0 Å². The summed E-state index contributed by atoms with van der Waals surface area (Å²) in [6.45, 7) is 3.08. The average molecular weight is 319 g/mol. The zero-order valence-corrected chi connectivity index (χ0v) is 12.7. The standard InChI is InChI=1S/C15H17N3O5/c1-8(12(20)21)7-16-11(19)9-3-5-10(6-4-9)15(2)13(22)17-14(23)18-15/h3-6,8H,7H2,1-2H3,(H,16,19)(H,20,21)(H2,17,18,22,23). The molecule has 0 spiro atoms. The third kappa shape index (κ3) is 3.31. The molecule has 0 saturated carbocycles. The number of imide groups is 1. The van der Waals surface area contributed by atoms with Gasteiger partial charge in [0.05, 0.1) is 5.92 Å². The van der Waals surface area contributed by atoms with Gasteiger partial charge in [-0.05, 0) is 24.6 Å². The van der Waals surface area contributed by atoms with Crippen LogP contribution in [0.25, 0.3) is 0 Å². The highest BCUT2D eigenvalue weighted by molar-refractivity contribution is 6.07. The summed E-state index contributed by atoms with van der Waals surface area (Å²) in [6.07, 6.45) is 0. The van der Waals surface area contributed by atoms with E-state index >= 15 is 0 Å². The largest absolute Gasteiger partial charge is 0.481 e. The number of urea groups is 1. The molecule has 1 aromatic carbocycles. The normalized spacial score (nSPS) is 21.3. The molecule has 1 fully saturated rings. The van der Waals surface area contributed by atoms with Crippen LogP contribution in [0, 0.1) is 5.92 Å². The monoisotopic (exact) mass is 319 g/mol. The topological polar surface area (TPSA) is 125 Å². The molecule has 4 amide bonds. The number of aliphatic carboxylic acids is 1. The first-order chi connectivity index (χ1) is 10.7. The van der Waals surface area contributed by atoms with E-state index in [1.807, 2.05) is 0 Å². The van der Waals surface area contributed by atoms with E-state index in [1.165, 1.54) is 19.1 Å². The van der Waals surface area contributed by atoms with Gasteiger partial charge >= 0.3 is 12.0 Å². The van der Waals surface area contributed by atoms with Gasteiger partial charge in [-0.2, -0.15) is 0 Å². The Morgan fingerprint density at radius 3 is 2.35 bits per heavy atom. The van der Waals surface area contributed by atoms with Crippen LogP contribution in [0.3, 0.4) is 0 Å². The van der Waals surface area contributed by atoms with Crippen molar-refractivity contribution in [3.05, 3.63) is 35.4 Å². The number of carboxylic acids is 1. The van der Waals surface area contributed by atoms with Crippen molar-refractivity contribution in [1.29, 1.82) is 0 Å². The van der Waals surface area contributed by atoms with E-state index in [9.17, 15) is 19.2 Å². The average Bonchev–Trinajstić information content (AvgIpc) is 2.78. The fraction of sp³-hybridized carbons (Fsp3) is 0.333. The number of hydrogen-bond acceptors (Lipinski definition) is 4. The van der Waals surface area contributed by atoms with Crippen molar-refractivity contribution in [2.75, 3.05) is 6.54 Å². The van der Waals surface area contributed by atoms with E-state index in [4.69, 9.17) is 5.11 Å². The van der Waals surface area contributed by atoms with Crippen LogP contribution in [0.4, 0.5) is 4.79 Å². The van der Waals surface area contributed by atoms with Gasteiger partial charge in [-0.3, -0.25) is 19.7 Å². The van der Waals surface area contributed by atoms with Gasteiger partial charge in [-0.15, -0.1) is 0 Å². The number of nitrogens with one attached hydrogen (secondary N) is 3. The van der Waals surface area contributed by atoms with Crippen molar-refractivity contribution >= 4 is 23.8 Å². The third-order valence-electron chi connectivity index (χ3n) is 3.76. The van der Waals surface area contributed by atoms with Gasteiger partial charge in [0.15, 0.2) is 0 Å². The maximum absolute atomic E-state index is 11.9. The van der Waals surface area contributed by atoms with E-state index in [1.54, 1.807) is 19.1 Å². The molecule has 0 aliphatic carbocycles. The number of amides is 4. The van der Waals surface area contributed by atoms with Crippen molar-refractivity contribution in [2.24, 2.45) is 5.92 Å². The quantitative estimate of drug-likeness (QED) is 0.577. The van der Waals surface area contributed by atoms with Crippen molar-refractivity contribution < 1.29 is 24.3 Å². The van der Waals surface area contributed by atoms with Crippen LogP contribution < -0.4 is 16.0 Å². The first-order valence-corrected chi connectivity index (χ1v) is 6.99. The van der Waals surface area contributed by atoms with E-state index in [0.717, 1.165) is 0 Å². The van der Waals surface area contributed by atoms with Crippen LogP contribution >= 0.6 is 0 Å². The molecule has 2 unspecified atom stereocenters. The van der Waals surface area contributed by atoms with Gasteiger partial charge in [0, 0.05) is 12.1 Å². The molecule has 1 heterocycles. The molecule has 122 valence electrons. The van der Waals surface area contributed by atoms with E-state index in [-0.39, 0.29) is 6.54 Å². The molecule has 0 bridgehead atoms. The summed E-state index contributed by atoms with van der Waals surface area (Å²) >= 11 is 0. The number of rotatable bonds is 5. The highest BCUT2D eigenvalue weighted by Gasteiger charge is 2.43. The van der Waals surface area contributed by atoms with Gasteiger partial charge in [0.25, 0.3) is 11.8 Å². The molecule has 2 atom stereocenters. The zero-order valence-electron chi connectivity index (χ0n) is 12.7. The summed E-state index contributed by atoms with van der Waals surface area (Å²) in [7, 11) is 0. The van der Waals surface area contributed by atoms with Crippen LogP contribution in [0.15, 0.2) is 24.3 Å². The zero-order chi connectivity index (χ0) is 17.2. The lowest BCUT2D eigenvalue weighted by atomic mass is 9.91. The molecule has 8 nitrogen and oxygen atoms in total. The smallest absolute Gasteiger partial charge is 0.322 e. The summed E-state index contributed by atoms with van der Waals surface area (Å²) < 4.78 is 0. The second kappa shape index (κ2) is 6.07. The van der Waals surface area contributed by atoms with Crippen molar-refractivity contribution in [3.63, 3.8) is 0 Å². The summed E-state index contributed by atoms with van der Waals surface area (Å²) in [4.78, 5) is 45.8. The second-order valence-corrected chi connectivity index (χ2v) is 5.56. The predicted octanol–water partition coefficient (Wildman–Crippen LogP) is 0.192. The van der Waals surface area contributed by atoms with E-state index < -0.39 is 35.3 Å². The molecule has 1 aliphatic heterocycles. The minimum absolute atomic E-state index is 0.0199. The lowest BCUT2D eigenvalue weighted by Gasteiger charge is -2.21. The highest BCUT2D eigenvalue weighted by atomic mass is 16.4. The lowest BCUT2D eigenvalue weighted by Crippen LogP contribution is -2.40. The Balaban J connectivity index is 2.08. The molecule has 0 aromatic heterocycles. The van der Waals surface area contributed by atoms with Gasteiger partial charge in [-0.25, -0.2) is 4.79 Å². The summed E-state index contributed by atoms with van der Waals surface area (Å²) in [5.74, 6) is -2.55. The summed E-state index contributed by atoms with van der Waals surface area (Å²) in [5, 5.41) is 16.0.